The molecule has 0 aromatic carbocycles. The molecule has 0 aliphatic heterocycles. The average Bonchev–Trinajstić information content (AvgIpc) is 3.39. The van der Waals surface area contributed by atoms with Gasteiger partial charge in [0, 0.05) is 6.42 Å². The first kappa shape index (κ1) is 71.1. The monoisotopic (exact) mass is 1010 g/mol. The van der Waals surface area contributed by atoms with Gasteiger partial charge in [0.2, 0.25) is 5.91 Å². The minimum absolute atomic E-state index is 0.0534. The Kier molecular flexibility index (Phi) is 63.6. The Balaban J connectivity index is 3.40. The molecular weight excluding hydrogens is 879 g/mol. The van der Waals surface area contributed by atoms with E-state index in [9.17, 15) is 15.0 Å². The fourth-order valence-electron chi connectivity index (χ4n) is 11.1. The van der Waals surface area contributed by atoms with E-state index < -0.39 is 12.1 Å². The largest absolute Gasteiger partial charge is 0.394 e. The molecule has 1 amide bonds. The van der Waals surface area contributed by atoms with Gasteiger partial charge in [-0.1, -0.05) is 386 Å². The van der Waals surface area contributed by atoms with E-state index in [0.717, 1.165) is 25.7 Å². The molecule has 0 aliphatic carbocycles. The van der Waals surface area contributed by atoms with Crippen molar-refractivity contribution in [1.82, 2.24) is 5.32 Å². The van der Waals surface area contributed by atoms with Crippen LogP contribution in [-0.4, -0.2) is 34.9 Å². The molecule has 0 saturated heterocycles. The Hall–Kier alpha value is -0.870. The van der Waals surface area contributed by atoms with Crippen molar-refractivity contribution in [2.45, 2.75) is 411 Å². The third kappa shape index (κ3) is 60.0. The SMILES string of the molecule is CCCCCCCCCCCCCCCCCCCCCCCCCCCCCCCC/C=C/C(O)C(CO)NC(=O)CCCCCCCCCCCCCCCCCCCCCCCCCCCCCC. The lowest BCUT2D eigenvalue weighted by molar-refractivity contribution is -0.123. The molecular formula is C68H135NO3. The molecule has 0 aliphatic rings. The molecule has 2 unspecified atom stereocenters. The molecule has 0 bridgehead atoms. The van der Waals surface area contributed by atoms with E-state index in [1.165, 1.54) is 353 Å². The Morgan fingerprint density at radius 2 is 0.514 bits per heavy atom. The first-order chi connectivity index (χ1) is 35.7. The van der Waals surface area contributed by atoms with Crippen molar-refractivity contribution >= 4 is 5.91 Å². The van der Waals surface area contributed by atoms with E-state index in [1.54, 1.807) is 6.08 Å². The summed E-state index contributed by atoms with van der Waals surface area (Å²) in [7, 11) is 0. The highest BCUT2D eigenvalue weighted by Crippen LogP contribution is 2.19. The van der Waals surface area contributed by atoms with Gasteiger partial charge in [0.05, 0.1) is 18.8 Å². The van der Waals surface area contributed by atoms with E-state index in [-0.39, 0.29) is 12.5 Å². The highest BCUT2D eigenvalue weighted by atomic mass is 16.3. The molecule has 4 heteroatoms. The van der Waals surface area contributed by atoms with E-state index in [0.29, 0.717) is 6.42 Å². The fraction of sp³-hybridized carbons (Fsp3) is 0.956. The second kappa shape index (κ2) is 64.4. The lowest BCUT2D eigenvalue weighted by atomic mass is 10.0. The van der Waals surface area contributed by atoms with Gasteiger partial charge in [0.15, 0.2) is 0 Å². The number of hydrogen-bond donors (Lipinski definition) is 3. The predicted molar refractivity (Wildman–Crippen MR) is 323 cm³/mol. The van der Waals surface area contributed by atoms with Crippen molar-refractivity contribution < 1.29 is 15.0 Å². The summed E-state index contributed by atoms with van der Waals surface area (Å²) in [5.74, 6) is -0.0534. The lowest BCUT2D eigenvalue weighted by Gasteiger charge is -2.20. The normalized spacial score (nSPS) is 12.7. The summed E-state index contributed by atoms with van der Waals surface area (Å²) in [6.45, 7) is 4.37. The molecule has 72 heavy (non-hydrogen) atoms. The Bertz CT molecular complexity index is 1010. The minimum Gasteiger partial charge on any atom is -0.394 e. The average molecular weight is 1010 g/mol. The molecule has 2 atom stereocenters. The number of allylic oxidation sites excluding steroid dienone is 1. The number of carbonyl (C=O) groups excluding carboxylic acids is 1. The molecule has 0 saturated carbocycles. The molecule has 430 valence electrons. The Labute approximate surface area is 454 Å². The summed E-state index contributed by atoms with van der Waals surface area (Å²) in [6.07, 6.45) is 85.8. The Morgan fingerprint density at radius 3 is 0.722 bits per heavy atom. The van der Waals surface area contributed by atoms with Crippen LogP contribution in [0.3, 0.4) is 0 Å². The molecule has 0 rings (SSSR count). The van der Waals surface area contributed by atoms with Gasteiger partial charge in [0.1, 0.15) is 0 Å². The lowest BCUT2D eigenvalue weighted by Crippen LogP contribution is -2.45. The van der Waals surface area contributed by atoms with Crippen LogP contribution >= 0.6 is 0 Å². The van der Waals surface area contributed by atoms with Crippen LogP contribution in [0.15, 0.2) is 12.2 Å². The highest BCUT2D eigenvalue weighted by molar-refractivity contribution is 5.76. The van der Waals surface area contributed by atoms with Gasteiger partial charge in [0.25, 0.3) is 0 Å². The van der Waals surface area contributed by atoms with E-state index in [2.05, 4.69) is 19.2 Å². The van der Waals surface area contributed by atoms with Crippen molar-refractivity contribution in [3.8, 4) is 0 Å². The van der Waals surface area contributed by atoms with Crippen LogP contribution in [-0.2, 0) is 4.79 Å². The number of hydrogen-bond acceptors (Lipinski definition) is 3. The second-order valence-electron chi connectivity index (χ2n) is 23.6. The van der Waals surface area contributed by atoms with Gasteiger partial charge >= 0.3 is 0 Å². The maximum absolute atomic E-state index is 12.5. The molecule has 0 fully saturated rings. The van der Waals surface area contributed by atoms with Crippen molar-refractivity contribution in [2.75, 3.05) is 6.61 Å². The number of unbranched alkanes of at least 4 members (excludes halogenated alkanes) is 57. The van der Waals surface area contributed by atoms with Gasteiger partial charge in [-0.3, -0.25) is 4.79 Å². The summed E-state index contributed by atoms with van der Waals surface area (Å²) in [5, 5.41) is 23.3. The van der Waals surface area contributed by atoms with Crippen LogP contribution in [0.2, 0.25) is 0 Å². The maximum Gasteiger partial charge on any atom is 0.220 e. The number of carbonyl (C=O) groups is 1. The zero-order chi connectivity index (χ0) is 52.0. The van der Waals surface area contributed by atoms with Crippen LogP contribution in [0.1, 0.15) is 399 Å². The molecule has 3 N–H and O–H groups in total. The summed E-state index contributed by atoms with van der Waals surface area (Å²) < 4.78 is 0. The first-order valence-electron chi connectivity index (χ1n) is 33.9. The van der Waals surface area contributed by atoms with E-state index >= 15 is 0 Å². The van der Waals surface area contributed by atoms with Crippen LogP contribution in [0.5, 0.6) is 0 Å². The number of aliphatic hydroxyl groups is 2. The van der Waals surface area contributed by atoms with Crippen LogP contribution in [0.25, 0.3) is 0 Å². The van der Waals surface area contributed by atoms with Gasteiger partial charge in [-0.25, -0.2) is 0 Å². The van der Waals surface area contributed by atoms with Crippen molar-refractivity contribution in [2.24, 2.45) is 0 Å². The van der Waals surface area contributed by atoms with Crippen LogP contribution < -0.4 is 5.32 Å². The van der Waals surface area contributed by atoms with E-state index in [1.807, 2.05) is 6.08 Å². The molecule has 4 nitrogen and oxygen atoms in total. The third-order valence-corrected chi connectivity index (χ3v) is 16.3. The van der Waals surface area contributed by atoms with Gasteiger partial charge in [-0.05, 0) is 19.3 Å². The Morgan fingerprint density at radius 1 is 0.319 bits per heavy atom. The maximum atomic E-state index is 12.5. The quantitative estimate of drug-likeness (QED) is 0.0420. The summed E-state index contributed by atoms with van der Waals surface area (Å²) >= 11 is 0. The van der Waals surface area contributed by atoms with Gasteiger partial charge in [-0.2, -0.15) is 0 Å². The zero-order valence-corrected chi connectivity index (χ0v) is 49.7. The van der Waals surface area contributed by atoms with Gasteiger partial charge in [-0.15, -0.1) is 0 Å². The number of nitrogens with one attached hydrogen (secondary N) is 1. The topological polar surface area (TPSA) is 69.6 Å². The summed E-state index contributed by atoms with van der Waals surface area (Å²) in [5.41, 5.74) is 0. The van der Waals surface area contributed by atoms with Crippen molar-refractivity contribution in [3.05, 3.63) is 12.2 Å². The third-order valence-electron chi connectivity index (χ3n) is 16.3. The molecule has 0 heterocycles. The molecule has 0 aromatic rings. The van der Waals surface area contributed by atoms with Crippen LogP contribution in [0, 0.1) is 0 Å². The minimum atomic E-state index is -0.837. The zero-order valence-electron chi connectivity index (χ0n) is 49.7. The fourth-order valence-corrected chi connectivity index (χ4v) is 11.1. The summed E-state index contributed by atoms with van der Waals surface area (Å²) in [4.78, 5) is 12.5. The number of amides is 1. The first-order valence-corrected chi connectivity index (χ1v) is 33.9. The van der Waals surface area contributed by atoms with Crippen molar-refractivity contribution in [3.63, 3.8) is 0 Å². The van der Waals surface area contributed by atoms with Crippen LogP contribution in [0.4, 0.5) is 0 Å². The molecule has 0 aromatic heterocycles. The standard InChI is InChI=1S/C68H135NO3/c1-3-5-7-9-11-13-15-17-19-21-23-25-27-29-31-33-34-35-36-37-39-41-43-45-47-49-51-53-55-57-59-61-63-67(71)66(65-70)69-68(72)64-62-60-58-56-54-52-50-48-46-44-42-40-38-32-30-28-26-24-22-20-18-16-14-12-10-8-6-4-2/h61,63,66-67,70-71H,3-60,62,64-65H2,1-2H3,(H,69,72)/b63-61+. The highest BCUT2D eigenvalue weighted by Gasteiger charge is 2.18. The molecule has 0 spiro atoms. The molecule has 0 radical (unpaired) electrons. The predicted octanol–water partition coefficient (Wildman–Crippen LogP) is 22.8. The number of rotatable bonds is 64. The number of aliphatic hydroxyl groups excluding tert-OH is 2. The second-order valence-corrected chi connectivity index (χ2v) is 23.6. The summed E-state index contributed by atoms with van der Waals surface area (Å²) in [6, 6.07) is -0.619. The smallest absolute Gasteiger partial charge is 0.220 e. The van der Waals surface area contributed by atoms with Gasteiger partial charge < -0.3 is 15.5 Å². The van der Waals surface area contributed by atoms with E-state index in [4.69, 9.17) is 0 Å². The van der Waals surface area contributed by atoms with Crippen molar-refractivity contribution in [1.29, 1.82) is 0 Å².